The predicted octanol–water partition coefficient (Wildman–Crippen LogP) is 1.75. The van der Waals surface area contributed by atoms with Gasteiger partial charge in [0.2, 0.25) is 0 Å². The zero-order valence-corrected chi connectivity index (χ0v) is 7.31. The molecule has 0 spiro atoms. The summed E-state index contributed by atoms with van der Waals surface area (Å²) >= 11 is 0. The lowest BCUT2D eigenvalue weighted by molar-refractivity contribution is 0.629. The van der Waals surface area contributed by atoms with E-state index >= 15 is 0 Å². The number of halogens is 1. The quantitative estimate of drug-likeness (QED) is 0.697. The molecule has 0 aromatic rings. The van der Waals surface area contributed by atoms with E-state index < -0.39 is 0 Å². The molecule has 0 heterocycles. The standard InChI is InChI=1S/C5H13N.HI/c1-3-5(6)4-2;/h5H,3-4,6H2,1-2H3;1H. The molecule has 0 aromatic heterocycles. The van der Waals surface area contributed by atoms with E-state index in [1.807, 2.05) is 0 Å². The minimum atomic E-state index is 0. The molecule has 0 bridgehead atoms. The van der Waals surface area contributed by atoms with Gasteiger partial charge in [-0.2, -0.15) is 0 Å². The molecule has 1 nitrogen and oxygen atoms in total. The molecule has 0 amide bonds. The SMILES string of the molecule is CCC(N)CC.I. The van der Waals surface area contributed by atoms with Crippen molar-refractivity contribution in [3.63, 3.8) is 0 Å². The van der Waals surface area contributed by atoms with Gasteiger partial charge in [0.05, 0.1) is 0 Å². The van der Waals surface area contributed by atoms with Gasteiger partial charge < -0.3 is 5.73 Å². The Morgan fingerprint density at radius 2 is 1.57 bits per heavy atom. The summed E-state index contributed by atoms with van der Waals surface area (Å²) in [4.78, 5) is 0. The van der Waals surface area contributed by atoms with Crippen LogP contribution in [0.1, 0.15) is 26.7 Å². The van der Waals surface area contributed by atoms with Crippen LogP contribution in [-0.2, 0) is 0 Å². The Morgan fingerprint density at radius 1 is 1.29 bits per heavy atom. The Bertz CT molecular complexity index is 27.3. The first-order valence-electron chi connectivity index (χ1n) is 2.56. The first-order chi connectivity index (χ1) is 2.81. The molecular weight excluding hydrogens is 201 g/mol. The molecule has 0 radical (unpaired) electrons. The fraction of sp³-hybridized carbons (Fsp3) is 1.00. The van der Waals surface area contributed by atoms with Crippen molar-refractivity contribution in [3.05, 3.63) is 0 Å². The zero-order chi connectivity index (χ0) is 4.99. The molecule has 0 aliphatic rings. The highest BCUT2D eigenvalue weighted by atomic mass is 127. The van der Waals surface area contributed by atoms with Crippen molar-refractivity contribution in [2.45, 2.75) is 32.7 Å². The summed E-state index contributed by atoms with van der Waals surface area (Å²) in [5.41, 5.74) is 5.47. The highest BCUT2D eigenvalue weighted by molar-refractivity contribution is 14.0. The van der Waals surface area contributed by atoms with E-state index in [1.165, 1.54) is 0 Å². The first kappa shape index (κ1) is 10.6. The molecule has 0 atom stereocenters. The van der Waals surface area contributed by atoms with Crippen LogP contribution in [0.5, 0.6) is 0 Å². The van der Waals surface area contributed by atoms with E-state index in [1.54, 1.807) is 0 Å². The highest BCUT2D eigenvalue weighted by Gasteiger charge is 1.88. The molecule has 0 saturated heterocycles. The molecule has 0 aliphatic carbocycles. The summed E-state index contributed by atoms with van der Waals surface area (Å²) in [6, 6.07) is 0.435. The largest absolute Gasteiger partial charge is 0.328 e. The molecule has 2 heteroatoms. The minimum absolute atomic E-state index is 0. The molecule has 0 rings (SSSR count). The van der Waals surface area contributed by atoms with Crippen LogP contribution >= 0.6 is 24.0 Å². The lowest BCUT2D eigenvalue weighted by atomic mass is 10.2. The third kappa shape index (κ3) is 6.69. The second-order valence-corrected chi connectivity index (χ2v) is 1.58. The maximum absolute atomic E-state index is 5.47. The Hall–Kier alpha value is 0.690. The van der Waals surface area contributed by atoms with Gasteiger partial charge in [0, 0.05) is 6.04 Å². The summed E-state index contributed by atoms with van der Waals surface area (Å²) in [5.74, 6) is 0. The van der Waals surface area contributed by atoms with Crippen LogP contribution in [0, 0.1) is 0 Å². The molecule has 0 aliphatic heterocycles. The molecular formula is C5H14IN. The van der Waals surface area contributed by atoms with E-state index in [4.69, 9.17) is 5.73 Å². The highest BCUT2D eigenvalue weighted by Crippen LogP contribution is 1.88. The molecule has 2 N–H and O–H groups in total. The summed E-state index contributed by atoms with van der Waals surface area (Å²) in [7, 11) is 0. The summed E-state index contributed by atoms with van der Waals surface area (Å²) < 4.78 is 0. The molecule has 46 valence electrons. The first-order valence-corrected chi connectivity index (χ1v) is 2.56. The van der Waals surface area contributed by atoms with E-state index in [2.05, 4.69) is 13.8 Å². The van der Waals surface area contributed by atoms with Crippen molar-refractivity contribution in [3.8, 4) is 0 Å². The third-order valence-electron chi connectivity index (χ3n) is 1.05. The second kappa shape index (κ2) is 6.69. The fourth-order valence-electron chi connectivity index (χ4n) is 0.289. The summed E-state index contributed by atoms with van der Waals surface area (Å²) in [6.07, 6.45) is 2.22. The van der Waals surface area contributed by atoms with E-state index in [0.29, 0.717) is 6.04 Å². The number of rotatable bonds is 2. The van der Waals surface area contributed by atoms with Crippen molar-refractivity contribution in [1.29, 1.82) is 0 Å². The van der Waals surface area contributed by atoms with Crippen molar-refractivity contribution >= 4 is 24.0 Å². The lowest BCUT2D eigenvalue weighted by Crippen LogP contribution is -2.16. The minimum Gasteiger partial charge on any atom is -0.328 e. The van der Waals surface area contributed by atoms with Crippen molar-refractivity contribution < 1.29 is 0 Å². The Balaban J connectivity index is 0. The fourth-order valence-corrected chi connectivity index (χ4v) is 0.289. The van der Waals surface area contributed by atoms with Crippen LogP contribution in [0.4, 0.5) is 0 Å². The van der Waals surface area contributed by atoms with Crippen molar-refractivity contribution in [1.82, 2.24) is 0 Å². The molecule has 0 fully saturated rings. The van der Waals surface area contributed by atoms with Crippen LogP contribution in [0.15, 0.2) is 0 Å². The van der Waals surface area contributed by atoms with Gasteiger partial charge in [-0.1, -0.05) is 13.8 Å². The van der Waals surface area contributed by atoms with Gasteiger partial charge in [-0.05, 0) is 12.8 Å². The topological polar surface area (TPSA) is 26.0 Å². The zero-order valence-electron chi connectivity index (χ0n) is 4.98. The summed E-state index contributed by atoms with van der Waals surface area (Å²) in [5, 5.41) is 0. The van der Waals surface area contributed by atoms with Gasteiger partial charge in [-0.25, -0.2) is 0 Å². The van der Waals surface area contributed by atoms with Crippen LogP contribution in [0.25, 0.3) is 0 Å². The average molecular weight is 215 g/mol. The monoisotopic (exact) mass is 215 g/mol. The molecule has 0 saturated carbocycles. The number of hydrogen-bond acceptors (Lipinski definition) is 1. The van der Waals surface area contributed by atoms with E-state index in [-0.39, 0.29) is 24.0 Å². The smallest absolute Gasteiger partial charge is 0.00335 e. The van der Waals surface area contributed by atoms with Crippen LogP contribution in [0.2, 0.25) is 0 Å². The Kier molecular flexibility index (Phi) is 10.2. The van der Waals surface area contributed by atoms with Gasteiger partial charge in [0.15, 0.2) is 0 Å². The molecule has 7 heavy (non-hydrogen) atoms. The maximum Gasteiger partial charge on any atom is 0.00335 e. The third-order valence-corrected chi connectivity index (χ3v) is 1.05. The van der Waals surface area contributed by atoms with E-state index in [9.17, 15) is 0 Å². The average Bonchev–Trinajstić information content (AvgIpc) is 1.65. The van der Waals surface area contributed by atoms with Gasteiger partial charge in [-0.3, -0.25) is 0 Å². The second-order valence-electron chi connectivity index (χ2n) is 1.58. The van der Waals surface area contributed by atoms with Crippen molar-refractivity contribution in [2.24, 2.45) is 5.73 Å². The molecule has 0 unspecified atom stereocenters. The van der Waals surface area contributed by atoms with Gasteiger partial charge in [-0.15, -0.1) is 24.0 Å². The normalized spacial score (nSPS) is 8.57. The number of hydrogen-bond donors (Lipinski definition) is 1. The van der Waals surface area contributed by atoms with Crippen LogP contribution < -0.4 is 5.73 Å². The van der Waals surface area contributed by atoms with Gasteiger partial charge in [0.1, 0.15) is 0 Å². The maximum atomic E-state index is 5.47. The van der Waals surface area contributed by atoms with E-state index in [0.717, 1.165) is 12.8 Å². The Morgan fingerprint density at radius 3 is 1.57 bits per heavy atom. The molecule has 0 aromatic carbocycles. The predicted molar refractivity (Wildman–Crippen MR) is 44.0 cm³/mol. The number of nitrogens with two attached hydrogens (primary N) is 1. The Labute approximate surface area is 62.7 Å². The van der Waals surface area contributed by atoms with Crippen molar-refractivity contribution in [2.75, 3.05) is 0 Å². The summed E-state index contributed by atoms with van der Waals surface area (Å²) in [6.45, 7) is 4.21. The van der Waals surface area contributed by atoms with Gasteiger partial charge >= 0.3 is 0 Å². The van der Waals surface area contributed by atoms with Gasteiger partial charge in [0.25, 0.3) is 0 Å². The van der Waals surface area contributed by atoms with Crippen LogP contribution in [0.3, 0.4) is 0 Å². The van der Waals surface area contributed by atoms with Crippen LogP contribution in [-0.4, -0.2) is 6.04 Å². The lowest BCUT2D eigenvalue weighted by Gasteiger charge is -1.99.